The number of hydrogen-bond acceptors (Lipinski definition) is 8. The minimum Gasteiger partial charge on any atom is -0.339 e. The van der Waals surface area contributed by atoms with E-state index in [-0.39, 0.29) is 53.9 Å². The number of imide groups is 1. The minimum atomic E-state index is -0.805. The van der Waals surface area contributed by atoms with Gasteiger partial charge in [0.2, 0.25) is 5.91 Å². The standard InChI is InChI=1S/C32H38N6O7/c1-20(2)22(4)36(5)32(43)24-12-10-23(11-13-24)21(3)34-35-31(42)26-15-14-25(19-27(26)38(44)45)33-28(39)9-7-6-8-18-37-29(40)16-17-30(37)41/h10-17,19-20,22H,6-9,18H2,1-5H3,(H,33,39)(H,35,42)/b34-21+. The second-order valence-corrected chi connectivity index (χ2v) is 11.1. The molecule has 0 fully saturated rings. The number of hydrazone groups is 1. The molecule has 1 unspecified atom stereocenters. The second-order valence-electron chi connectivity index (χ2n) is 11.1. The molecule has 45 heavy (non-hydrogen) atoms. The Morgan fingerprint density at radius 3 is 2.18 bits per heavy atom. The first kappa shape index (κ1) is 34.3. The number of nitrogens with zero attached hydrogens (tertiary/aromatic N) is 4. The van der Waals surface area contributed by atoms with E-state index in [1.165, 1.54) is 24.3 Å². The summed E-state index contributed by atoms with van der Waals surface area (Å²) in [6.45, 7) is 8.00. The van der Waals surface area contributed by atoms with E-state index in [1.807, 2.05) is 20.8 Å². The van der Waals surface area contributed by atoms with Gasteiger partial charge in [0.1, 0.15) is 5.56 Å². The van der Waals surface area contributed by atoms with Crippen molar-refractivity contribution in [3.63, 3.8) is 0 Å². The summed E-state index contributed by atoms with van der Waals surface area (Å²) in [5.74, 6) is -1.68. The van der Waals surface area contributed by atoms with Crippen molar-refractivity contribution in [2.75, 3.05) is 18.9 Å². The summed E-state index contributed by atoms with van der Waals surface area (Å²) in [6, 6.07) is 10.6. The Morgan fingerprint density at radius 2 is 1.58 bits per heavy atom. The maximum atomic E-state index is 12.8. The Balaban J connectivity index is 1.55. The Morgan fingerprint density at radius 1 is 0.956 bits per heavy atom. The first-order valence-electron chi connectivity index (χ1n) is 14.6. The maximum Gasteiger partial charge on any atom is 0.284 e. The van der Waals surface area contributed by atoms with Crippen molar-refractivity contribution in [1.82, 2.24) is 15.2 Å². The number of benzene rings is 2. The molecule has 0 spiro atoms. The molecule has 13 nitrogen and oxygen atoms in total. The van der Waals surface area contributed by atoms with E-state index in [9.17, 15) is 34.1 Å². The summed E-state index contributed by atoms with van der Waals surface area (Å²) < 4.78 is 0. The van der Waals surface area contributed by atoms with Gasteiger partial charge in [0.05, 0.1) is 10.6 Å². The molecule has 1 heterocycles. The number of nitro benzene ring substituents is 1. The van der Waals surface area contributed by atoms with Crippen molar-refractivity contribution in [2.45, 2.75) is 59.4 Å². The molecule has 238 valence electrons. The number of nitro groups is 1. The Bertz CT molecular complexity index is 1510. The molecule has 2 aromatic rings. The van der Waals surface area contributed by atoms with Gasteiger partial charge in [0.25, 0.3) is 29.3 Å². The highest BCUT2D eigenvalue weighted by molar-refractivity contribution is 6.12. The topological polar surface area (TPSA) is 171 Å². The van der Waals surface area contributed by atoms with E-state index < -0.39 is 16.5 Å². The van der Waals surface area contributed by atoms with Crippen LogP contribution in [0.25, 0.3) is 0 Å². The zero-order valence-corrected chi connectivity index (χ0v) is 26.0. The average Bonchev–Trinajstić information content (AvgIpc) is 3.34. The quantitative estimate of drug-likeness (QED) is 0.105. The largest absolute Gasteiger partial charge is 0.339 e. The van der Waals surface area contributed by atoms with Crippen LogP contribution in [-0.4, -0.2) is 69.6 Å². The summed E-state index contributed by atoms with van der Waals surface area (Å²) in [7, 11) is 1.76. The predicted octanol–water partition coefficient (Wildman–Crippen LogP) is 4.29. The summed E-state index contributed by atoms with van der Waals surface area (Å²) >= 11 is 0. The molecule has 0 aliphatic carbocycles. The highest BCUT2D eigenvalue weighted by atomic mass is 16.6. The van der Waals surface area contributed by atoms with E-state index in [2.05, 4.69) is 15.8 Å². The zero-order valence-electron chi connectivity index (χ0n) is 26.0. The van der Waals surface area contributed by atoms with Crippen molar-refractivity contribution < 1.29 is 28.9 Å². The van der Waals surface area contributed by atoms with E-state index >= 15 is 0 Å². The van der Waals surface area contributed by atoms with Crippen molar-refractivity contribution in [3.8, 4) is 0 Å². The van der Waals surface area contributed by atoms with Crippen LogP contribution < -0.4 is 10.7 Å². The summed E-state index contributed by atoms with van der Waals surface area (Å²) in [6.07, 6.45) is 4.20. The normalized spacial score (nSPS) is 13.6. The highest BCUT2D eigenvalue weighted by Crippen LogP contribution is 2.24. The molecule has 5 amide bonds. The van der Waals surface area contributed by atoms with Crippen molar-refractivity contribution in [3.05, 3.63) is 81.4 Å². The van der Waals surface area contributed by atoms with Gasteiger partial charge in [-0.3, -0.25) is 39.0 Å². The van der Waals surface area contributed by atoms with E-state index in [1.54, 1.807) is 43.1 Å². The number of nitrogens with one attached hydrogen (secondary N) is 2. The summed E-state index contributed by atoms with van der Waals surface area (Å²) in [4.78, 5) is 74.9. The smallest absolute Gasteiger partial charge is 0.284 e. The van der Waals surface area contributed by atoms with Gasteiger partial charge in [0, 0.05) is 55.5 Å². The molecule has 2 N–H and O–H groups in total. The second kappa shape index (κ2) is 15.5. The molecule has 2 aromatic carbocycles. The molecule has 0 radical (unpaired) electrons. The van der Waals surface area contributed by atoms with Crippen molar-refractivity contribution in [1.29, 1.82) is 0 Å². The summed E-state index contributed by atoms with van der Waals surface area (Å²) in [5.41, 5.74) is 3.33. The molecule has 3 rings (SSSR count). The van der Waals surface area contributed by atoms with Crippen molar-refractivity contribution in [2.24, 2.45) is 11.0 Å². The van der Waals surface area contributed by atoms with Crippen LogP contribution in [0.1, 0.15) is 79.7 Å². The number of hydrogen-bond donors (Lipinski definition) is 2. The minimum absolute atomic E-state index is 0.0625. The Labute approximate surface area is 261 Å². The third kappa shape index (κ3) is 9.15. The number of carbonyl (C=O) groups is 5. The highest BCUT2D eigenvalue weighted by Gasteiger charge is 2.24. The van der Waals surface area contributed by atoms with Crippen LogP contribution in [0, 0.1) is 16.0 Å². The van der Waals surface area contributed by atoms with E-state index in [0.29, 0.717) is 42.0 Å². The fourth-order valence-corrected chi connectivity index (χ4v) is 4.51. The van der Waals surface area contributed by atoms with Crippen LogP contribution in [0.3, 0.4) is 0 Å². The molecular formula is C32H38N6O7. The van der Waals surface area contributed by atoms with Gasteiger partial charge >= 0.3 is 0 Å². The number of carbonyl (C=O) groups excluding carboxylic acids is 5. The number of unbranched alkanes of at least 4 members (excludes halogenated alkanes) is 2. The van der Waals surface area contributed by atoms with Crippen LogP contribution in [-0.2, 0) is 14.4 Å². The predicted molar refractivity (Wildman–Crippen MR) is 169 cm³/mol. The Hall–Kier alpha value is -5.20. The lowest BCUT2D eigenvalue weighted by atomic mass is 10.0. The van der Waals surface area contributed by atoms with Crippen LogP contribution in [0.2, 0.25) is 0 Å². The number of anilines is 1. The molecule has 0 bridgehead atoms. The average molecular weight is 619 g/mol. The maximum absolute atomic E-state index is 12.8. The molecule has 1 aliphatic heterocycles. The molecule has 0 aromatic heterocycles. The SMILES string of the molecule is C/C(=N\NC(=O)c1ccc(NC(=O)CCCCCN2C(=O)C=CC2=O)cc1[N+](=O)[O-])c1ccc(C(=O)N(C)C(C)C(C)C)cc1. The van der Waals surface area contributed by atoms with Crippen LogP contribution in [0.15, 0.2) is 59.7 Å². The lowest BCUT2D eigenvalue weighted by molar-refractivity contribution is -0.385. The molecule has 13 heteroatoms. The molecule has 0 saturated carbocycles. The molecule has 0 saturated heterocycles. The monoisotopic (exact) mass is 618 g/mol. The van der Waals surface area contributed by atoms with Gasteiger partial charge in [-0.1, -0.05) is 32.4 Å². The molecule has 1 atom stereocenters. The van der Waals surface area contributed by atoms with Gasteiger partial charge in [-0.25, -0.2) is 5.43 Å². The van der Waals surface area contributed by atoms with Gasteiger partial charge in [-0.2, -0.15) is 5.10 Å². The fraction of sp³-hybridized carbons (Fsp3) is 0.375. The van der Waals surface area contributed by atoms with Crippen LogP contribution in [0.4, 0.5) is 11.4 Å². The zero-order chi connectivity index (χ0) is 33.3. The van der Waals surface area contributed by atoms with E-state index in [0.717, 1.165) is 11.0 Å². The molecular weight excluding hydrogens is 580 g/mol. The lowest BCUT2D eigenvalue weighted by Crippen LogP contribution is -2.38. The van der Waals surface area contributed by atoms with Gasteiger partial charge in [-0.05, 0) is 62.4 Å². The van der Waals surface area contributed by atoms with Gasteiger partial charge in [0.15, 0.2) is 0 Å². The molecule has 1 aliphatic rings. The first-order chi connectivity index (χ1) is 21.3. The summed E-state index contributed by atoms with van der Waals surface area (Å²) in [5, 5.41) is 18.4. The lowest BCUT2D eigenvalue weighted by Gasteiger charge is -2.28. The van der Waals surface area contributed by atoms with Crippen LogP contribution in [0.5, 0.6) is 0 Å². The number of amides is 5. The third-order valence-corrected chi connectivity index (χ3v) is 7.68. The third-order valence-electron chi connectivity index (χ3n) is 7.68. The number of rotatable bonds is 14. The van der Waals surface area contributed by atoms with Gasteiger partial charge < -0.3 is 10.2 Å². The van der Waals surface area contributed by atoms with Gasteiger partial charge in [-0.15, -0.1) is 0 Å². The Kier molecular flexibility index (Phi) is 11.8. The van der Waals surface area contributed by atoms with Crippen molar-refractivity contribution >= 4 is 46.6 Å². The first-order valence-corrected chi connectivity index (χ1v) is 14.6. The van der Waals surface area contributed by atoms with E-state index in [4.69, 9.17) is 0 Å². The van der Waals surface area contributed by atoms with Crippen LogP contribution >= 0.6 is 0 Å². The fourth-order valence-electron chi connectivity index (χ4n) is 4.51.